The van der Waals surface area contributed by atoms with E-state index in [1.165, 1.54) is 24.8 Å². The summed E-state index contributed by atoms with van der Waals surface area (Å²) in [4.78, 5) is 3.37. The molecule has 21 heavy (non-hydrogen) atoms. The highest BCUT2D eigenvalue weighted by atomic mass is 32.2. The van der Waals surface area contributed by atoms with Crippen molar-refractivity contribution in [1.29, 1.82) is 0 Å². The molecule has 1 aromatic heterocycles. The minimum Gasteiger partial charge on any atom is -0.489 e. The van der Waals surface area contributed by atoms with Crippen molar-refractivity contribution in [3.05, 3.63) is 23.0 Å². The lowest BCUT2D eigenvalue weighted by Crippen LogP contribution is -2.15. The first-order valence-electron chi connectivity index (χ1n) is 7.54. The molecule has 3 rings (SSSR count). The number of thioether (sulfide) groups is 1. The number of ether oxygens (including phenoxy) is 1. The highest BCUT2D eigenvalue weighted by Gasteiger charge is 2.30. The molecule has 2 unspecified atom stereocenters. The molecule has 1 N–H and O–H groups in total. The van der Waals surface area contributed by atoms with Crippen molar-refractivity contribution in [1.82, 2.24) is 9.55 Å². The number of hydrogen-bond donors (Lipinski definition) is 1. The van der Waals surface area contributed by atoms with Crippen molar-refractivity contribution in [2.24, 2.45) is 0 Å². The minimum absolute atomic E-state index is 0.159. The molecule has 0 aliphatic heterocycles. The van der Waals surface area contributed by atoms with E-state index in [4.69, 9.17) is 17.0 Å². The molecule has 2 atom stereocenters. The Labute approximate surface area is 135 Å². The standard InChI is InChI=1S/C16H22N2OS2/c1-10(2)19-13-8-4-7-12-15(13)17-16(20)18(12)11-6-5-9-14(11)21-3/h4,7-8,10-11,14H,5-6,9H2,1-3H3,(H,17,20). The van der Waals surface area contributed by atoms with E-state index >= 15 is 0 Å². The normalized spacial score (nSPS) is 22.3. The number of para-hydroxylation sites is 1. The number of rotatable bonds is 4. The SMILES string of the molecule is CSC1CCCC1n1c(=S)[nH]c2c(OC(C)C)cccc21. The fourth-order valence-electron chi connectivity index (χ4n) is 3.28. The van der Waals surface area contributed by atoms with Gasteiger partial charge in [-0.2, -0.15) is 11.8 Å². The molecule has 1 aromatic carbocycles. The van der Waals surface area contributed by atoms with Gasteiger partial charge in [0, 0.05) is 11.3 Å². The van der Waals surface area contributed by atoms with Crippen LogP contribution < -0.4 is 4.74 Å². The van der Waals surface area contributed by atoms with Gasteiger partial charge in [-0.15, -0.1) is 0 Å². The van der Waals surface area contributed by atoms with Crippen LogP contribution in [0.2, 0.25) is 0 Å². The Morgan fingerprint density at radius 2 is 2.19 bits per heavy atom. The lowest BCUT2D eigenvalue weighted by atomic mass is 10.2. The molecule has 0 bridgehead atoms. The molecule has 1 heterocycles. The Balaban J connectivity index is 2.12. The van der Waals surface area contributed by atoms with Crippen LogP contribution >= 0.6 is 24.0 Å². The van der Waals surface area contributed by atoms with Gasteiger partial charge in [-0.25, -0.2) is 0 Å². The first-order valence-corrected chi connectivity index (χ1v) is 9.24. The number of imidazole rings is 1. The van der Waals surface area contributed by atoms with Gasteiger partial charge in [0.05, 0.1) is 11.6 Å². The van der Waals surface area contributed by atoms with Gasteiger partial charge in [0.2, 0.25) is 0 Å². The van der Waals surface area contributed by atoms with E-state index in [0.717, 1.165) is 16.0 Å². The van der Waals surface area contributed by atoms with Crippen molar-refractivity contribution >= 4 is 35.0 Å². The topological polar surface area (TPSA) is 29.9 Å². The second kappa shape index (κ2) is 6.05. The number of nitrogens with one attached hydrogen (secondary N) is 1. The number of H-pyrrole nitrogens is 1. The minimum atomic E-state index is 0.159. The zero-order valence-corrected chi connectivity index (χ0v) is 14.4. The summed E-state index contributed by atoms with van der Waals surface area (Å²) in [5.74, 6) is 0.894. The van der Waals surface area contributed by atoms with Gasteiger partial charge in [0.25, 0.3) is 0 Å². The van der Waals surface area contributed by atoms with Crippen molar-refractivity contribution in [2.45, 2.75) is 50.5 Å². The van der Waals surface area contributed by atoms with Crippen molar-refractivity contribution in [3.8, 4) is 5.75 Å². The summed E-state index contributed by atoms with van der Waals surface area (Å²) in [5, 5.41) is 0.658. The maximum absolute atomic E-state index is 5.92. The van der Waals surface area contributed by atoms with Crippen LogP contribution in [0.15, 0.2) is 18.2 Å². The second-order valence-electron chi connectivity index (χ2n) is 5.89. The van der Waals surface area contributed by atoms with Crippen LogP contribution in [0.5, 0.6) is 5.75 Å². The van der Waals surface area contributed by atoms with E-state index in [2.05, 4.69) is 27.9 Å². The lowest BCUT2D eigenvalue weighted by molar-refractivity contribution is 0.245. The van der Waals surface area contributed by atoms with E-state index in [0.29, 0.717) is 11.3 Å². The largest absolute Gasteiger partial charge is 0.489 e. The summed E-state index contributed by atoms with van der Waals surface area (Å²) >= 11 is 7.56. The molecule has 114 valence electrons. The molecule has 0 spiro atoms. The zero-order chi connectivity index (χ0) is 15.0. The highest BCUT2D eigenvalue weighted by molar-refractivity contribution is 7.99. The Bertz CT molecular complexity index is 689. The van der Waals surface area contributed by atoms with E-state index in [1.807, 2.05) is 31.7 Å². The van der Waals surface area contributed by atoms with Crippen LogP contribution in [0.25, 0.3) is 11.0 Å². The lowest BCUT2D eigenvalue weighted by Gasteiger charge is -2.20. The van der Waals surface area contributed by atoms with Crippen molar-refractivity contribution < 1.29 is 4.74 Å². The zero-order valence-electron chi connectivity index (χ0n) is 12.8. The van der Waals surface area contributed by atoms with Gasteiger partial charge >= 0.3 is 0 Å². The monoisotopic (exact) mass is 322 g/mol. The molecular formula is C16H22N2OS2. The summed E-state index contributed by atoms with van der Waals surface area (Å²) in [7, 11) is 0. The van der Waals surface area contributed by atoms with Gasteiger partial charge in [-0.05, 0) is 57.3 Å². The Hall–Kier alpha value is -0.940. The van der Waals surface area contributed by atoms with Crippen LogP contribution in [0.4, 0.5) is 0 Å². The molecule has 0 radical (unpaired) electrons. The molecule has 1 fully saturated rings. The number of hydrogen-bond acceptors (Lipinski definition) is 3. The van der Waals surface area contributed by atoms with Crippen LogP contribution in [0, 0.1) is 4.77 Å². The molecule has 1 aliphatic carbocycles. The maximum atomic E-state index is 5.92. The van der Waals surface area contributed by atoms with E-state index in [1.54, 1.807) is 0 Å². The molecule has 2 aromatic rings. The number of aromatic amines is 1. The van der Waals surface area contributed by atoms with Gasteiger partial charge in [-0.1, -0.05) is 12.5 Å². The Morgan fingerprint density at radius 3 is 2.90 bits per heavy atom. The molecular weight excluding hydrogens is 300 g/mol. The third-order valence-electron chi connectivity index (χ3n) is 4.13. The molecule has 5 heteroatoms. The fourth-order valence-corrected chi connectivity index (χ4v) is 4.59. The number of benzene rings is 1. The maximum Gasteiger partial charge on any atom is 0.178 e. The predicted molar refractivity (Wildman–Crippen MR) is 93.1 cm³/mol. The van der Waals surface area contributed by atoms with Gasteiger partial charge in [0.15, 0.2) is 4.77 Å². The van der Waals surface area contributed by atoms with Gasteiger partial charge in [0.1, 0.15) is 11.3 Å². The molecule has 0 saturated heterocycles. The number of nitrogens with zero attached hydrogens (tertiary/aromatic N) is 1. The molecule has 3 nitrogen and oxygen atoms in total. The van der Waals surface area contributed by atoms with E-state index in [9.17, 15) is 0 Å². The van der Waals surface area contributed by atoms with Crippen molar-refractivity contribution in [2.75, 3.05) is 6.26 Å². The Morgan fingerprint density at radius 1 is 1.38 bits per heavy atom. The predicted octanol–water partition coefficient (Wildman–Crippen LogP) is 4.94. The van der Waals surface area contributed by atoms with E-state index < -0.39 is 0 Å². The van der Waals surface area contributed by atoms with Crippen LogP contribution in [0.1, 0.15) is 39.2 Å². The first-order chi connectivity index (χ1) is 10.1. The number of fused-ring (bicyclic) bond motifs is 1. The first kappa shape index (κ1) is 15.0. The van der Waals surface area contributed by atoms with Gasteiger partial charge in [-0.3, -0.25) is 0 Å². The summed E-state index contributed by atoms with van der Waals surface area (Å²) < 4.78 is 9.04. The average Bonchev–Trinajstić information content (AvgIpc) is 3.01. The van der Waals surface area contributed by atoms with Crippen molar-refractivity contribution in [3.63, 3.8) is 0 Å². The third-order valence-corrected chi connectivity index (χ3v) is 5.58. The summed E-state index contributed by atoms with van der Waals surface area (Å²) in [6, 6.07) is 6.71. The third kappa shape index (κ3) is 2.73. The second-order valence-corrected chi connectivity index (χ2v) is 7.35. The quantitative estimate of drug-likeness (QED) is 0.808. The fraction of sp³-hybridized carbons (Fsp3) is 0.562. The molecule has 1 aliphatic rings. The van der Waals surface area contributed by atoms with Crippen LogP contribution in [-0.2, 0) is 0 Å². The summed E-state index contributed by atoms with van der Waals surface area (Å²) in [6.07, 6.45) is 6.14. The molecule has 0 amide bonds. The average molecular weight is 322 g/mol. The smallest absolute Gasteiger partial charge is 0.178 e. The van der Waals surface area contributed by atoms with E-state index in [-0.39, 0.29) is 6.10 Å². The highest BCUT2D eigenvalue weighted by Crippen LogP contribution is 2.40. The summed E-state index contributed by atoms with van der Waals surface area (Å²) in [6.45, 7) is 4.09. The number of aromatic nitrogens is 2. The van der Waals surface area contributed by atoms with Crippen LogP contribution in [0.3, 0.4) is 0 Å². The van der Waals surface area contributed by atoms with Crippen LogP contribution in [-0.4, -0.2) is 27.2 Å². The molecule has 1 saturated carbocycles. The van der Waals surface area contributed by atoms with Gasteiger partial charge < -0.3 is 14.3 Å². The Kier molecular flexibility index (Phi) is 4.31. The summed E-state index contributed by atoms with van der Waals surface area (Å²) in [5.41, 5.74) is 2.20.